The summed E-state index contributed by atoms with van der Waals surface area (Å²) in [5, 5.41) is 0. The molecule has 1 rings (SSSR count). The maximum absolute atomic E-state index is 2.41. The minimum Gasteiger partial charge on any atom is -0.0654 e. The number of rotatable bonds is 6. The van der Waals surface area contributed by atoms with Crippen molar-refractivity contribution in [3.8, 4) is 0 Å². The molecule has 0 nitrogen and oxygen atoms in total. The van der Waals surface area contributed by atoms with Crippen LogP contribution in [0.5, 0.6) is 0 Å². The van der Waals surface area contributed by atoms with E-state index in [4.69, 9.17) is 0 Å². The smallest absolute Gasteiger partial charge is 0.0159 e. The molecular formula is C19H31. The predicted molar refractivity (Wildman–Crippen MR) is 86.2 cm³/mol. The summed E-state index contributed by atoms with van der Waals surface area (Å²) in [5.41, 5.74) is 1.91. The van der Waals surface area contributed by atoms with Crippen LogP contribution in [0.15, 0.2) is 30.3 Å². The van der Waals surface area contributed by atoms with Crippen LogP contribution in [0.25, 0.3) is 0 Å². The van der Waals surface area contributed by atoms with Crippen LogP contribution in [-0.2, 0) is 0 Å². The first kappa shape index (κ1) is 16.3. The lowest BCUT2D eigenvalue weighted by atomic mass is 9.61. The van der Waals surface area contributed by atoms with Gasteiger partial charge in [-0.2, -0.15) is 0 Å². The lowest BCUT2D eigenvalue weighted by Crippen LogP contribution is -2.33. The van der Waals surface area contributed by atoms with Crippen molar-refractivity contribution in [1.82, 2.24) is 0 Å². The molecule has 1 aromatic carbocycles. The van der Waals surface area contributed by atoms with Crippen molar-refractivity contribution < 1.29 is 0 Å². The molecule has 1 aromatic rings. The Morgan fingerprint density at radius 2 is 1.47 bits per heavy atom. The van der Waals surface area contributed by atoms with E-state index >= 15 is 0 Å². The fourth-order valence-corrected chi connectivity index (χ4v) is 3.39. The monoisotopic (exact) mass is 259 g/mol. The fourth-order valence-electron chi connectivity index (χ4n) is 3.39. The predicted octanol–water partition coefficient (Wildman–Crippen LogP) is 6.26. The molecule has 0 spiro atoms. The zero-order valence-electron chi connectivity index (χ0n) is 13.7. The van der Waals surface area contributed by atoms with Crippen LogP contribution in [0, 0.1) is 16.7 Å². The molecular weight excluding hydrogens is 228 g/mol. The Balaban J connectivity index is 2.98. The van der Waals surface area contributed by atoms with Gasteiger partial charge in [0.1, 0.15) is 0 Å². The molecule has 0 aliphatic heterocycles. The molecule has 0 saturated carbocycles. The van der Waals surface area contributed by atoms with E-state index in [2.05, 4.69) is 71.9 Å². The van der Waals surface area contributed by atoms with Crippen LogP contribution < -0.4 is 0 Å². The van der Waals surface area contributed by atoms with E-state index in [0.29, 0.717) is 0 Å². The van der Waals surface area contributed by atoms with Crippen molar-refractivity contribution in [2.24, 2.45) is 10.8 Å². The van der Waals surface area contributed by atoms with Gasteiger partial charge in [0.2, 0.25) is 0 Å². The van der Waals surface area contributed by atoms with Crippen molar-refractivity contribution in [2.75, 3.05) is 0 Å². The van der Waals surface area contributed by atoms with E-state index in [1.165, 1.54) is 31.2 Å². The second-order valence-electron chi connectivity index (χ2n) is 7.33. The third-order valence-electron chi connectivity index (χ3n) is 3.89. The first-order chi connectivity index (χ1) is 8.79. The van der Waals surface area contributed by atoms with Crippen molar-refractivity contribution in [1.29, 1.82) is 0 Å². The second-order valence-corrected chi connectivity index (χ2v) is 7.33. The summed E-state index contributed by atoms with van der Waals surface area (Å²) in [4.78, 5) is 0. The van der Waals surface area contributed by atoms with E-state index in [1.807, 2.05) is 0 Å². The highest BCUT2D eigenvalue weighted by Gasteiger charge is 2.39. The maximum atomic E-state index is 2.41. The van der Waals surface area contributed by atoms with E-state index in [1.54, 1.807) is 5.92 Å². The van der Waals surface area contributed by atoms with Gasteiger partial charge < -0.3 is 0 Å². The average Bonchev–Trinajstić information content (AvgIpc) is 2.28. The zero-order valence-corrected chi connectivity index (χ0v) is 13.7. The molecule has 0 aliphatic rings. The van der Waals surface area contributed by atoms with Gasteiger partial charge in [0.05, 0.1) is 0 Å². The molecule has 19 heavy (non-hydrogen) atoms. The third-order valence-corrected chi connectivity index (χ3v) is 3.89. The van der Waals surface area contributed by atoms with Gasteiger partial charge in [0.25, 0.3) is 0 Å². The molecule has 107 valence electrons. The molecule has 0 aromatic heterocycles. The second kappa shape index (κ2) is 6.59. The largest absolute Gasteiger partial charge is 0.0654 e. The molecule has 0 fully saturated rings. The van der Waals surface area contributed by atoms with Crippen LogP contribution in [0.4, 0.5) is 0 Å². The van der Waals surface area contributed by atoms with E-state index in [9.17, 15) is 0 Å². The summed E-state index contributed by atoms with van der Waals surface area (Å²) < 4.78 is 0. The fraction of sp³-hybridized carbons (Fsp3) is 0.632. The molecule has 0 amide bonds. The number of hydrogen-bond acceptors (Lipinski definition) is 0. The zero-order chi connectivity index (χ0) is 14.5. The molecule has 0 aliphatic carbocycles. The minimum atomic E-state index is 0.219. The van der Waals surface area contributed by atoms with Gasteiger partial charge >= 0.3 is 0 Å². The number of hydrogen-bond donors (Lipinski definition) is 0. The lowest BCUT2D eigenvalue weighted by Gasteiger charge is -2.43. The van der Waals surface area contributed by atoms with E-state index < -0.39 is 0 Å². The van der Waals surface area contributed by atoms with Crippen LogP contribution >= 0.6 is 0 Å². The molecule has 0 unspecified atom stereocenters. The van der Waals surface area contributed by atoms with Gasteiger partial charge in [-0.1, -0.05) is 91.1 Å². The Morgan fingerprint density at radius 1 is 0.895 bits per heavy atom. The van der Waals surface area contributed by atoms with Gasteiger partial charge in [-0.3, -0.25) is 0 Å². The first-order valence-electron chi connectivity index (χ1n) is 7.72. The van der Waals surface area contributed by atoms with Gasteiger partial charge in [-0.15, -0.1) is 0 Å². The van der Waals surface area contributed by atoms with Gasteiger partial charge in [0, 0.05) is 5.92 Å². The highest BCUT2D eigenvalue weighted by molar-refractivity contribution is 5.37. The summed E-state index contributed by atoms with van der Waals surface area (Å²) >= 11 is 0. The first-order valence-corrected chi connectivity index (χ1v) is 7.72. The SMILES string of the molecule is CCCCCC(C)(C)[C](c1ccccc1)C(C)(C)C. The van der Waals surface area contributed by atoms with Crippen LogP contribution in [0.2, 0.25) is 0 Å². The van der Waals surface area contributed by atoms with Crippen molar-refractivity contribution in [3.63, 3.8) is 0 Å². The van der Waals surface area contributed by atoms with E-state index in [0.717, 1.165) is 0 Å². The Bertz CT molecular complexity index is 353. The third kappa shape index (κ3) is 4.67. The Morgan fingerprint density at radius 3 is 1.95 bits per heavy atom. The van der Waals surface area contributed by atoms with E-state index in [-0.39, 0.29) is 10.8 Å². The number of unbranched alkanes of at least 4 members (excludes halogenated alkanes) is 2. The maximum Gasteiger partial charge on any atom is 0.0159 e. The summed E-state index contributed by atoms with van der Waals surface area (Å²) in [5.74, 6) is 1.59. The lowest BCUT2D eigenvalue weighted by molar-refractivity contribution is 0.253. The van der Waals surface area contributed by atoms with Crippen LogP contribution in [0.1, 0.15) is 72.8 Å². The topological polar surface area (TPSA) is 0 Å². The van der Waals surface area contributed by atoms with Gasteiger partial charge in [-0.05, 0) is 22.8 Å². The standard InChI is InChI=1S/C19H31/c1-7-8-12-15-19(5,6)17(18(2,3)4)16-13-10-9-11-14-16/h9-11,13-14H,7-8,12,15H2,1-6H3. The molecule has 0 bridgehead atoms. The molecule has 1 radical (unpaired) electrons. The molecule has 0 heterocycles. The molecule has 0 saturated heterocycles. The quantitative estimate of drug-likeness (QED) is 0.529. The van der Waals surface area contributed by atoms with Gasteiger partial charge in [0.15, 0.2) is 0 Å². The van der Waals surface area contributed by atoms with Crippen LogP contribution in [-0.4, -0.2) is 0 Å². The molecule has 0 N–H and O–H groups in total. The normalized spacial score (nSPS) is 13.0. The summed E-state index contributed by atoms with van der Waals surface area (Å²) in [6.45, 7) is 14.1. The summed E-state index contributed by atoms with van der Waals surface area (Å²) in [6.07, 6.45) is 5.25. The summed E-state index contributed by atoms with van der Waals surface area (Å²) in [7, 11) is 0. The Labute approximate surface area is 120 Å². The Hall–Kier alpha value is -0.780. The molecule has 0 atom stereocenters. The van der Waals surface area contributed by atoms with Crippen molar-refractivity contribution in [3.05, 3.63) is 41.8 Å². The van der Waals surface area contributed by atoms with Crippen molar-refractivity contribution >= 4 is 0 Å². The van der Waals surface area contributed by atoms with Gasteiger partial charge in [-0.25, -0.2) is 0 Å². The molecule has 0 heteroatoms. The minimum absolute atomic E-state index is 0.219. The van der Waals surface area contributed by atoms with Crippen molar-refractivity contribution in [2.45, 2.75) is 67.2 Å². The Kier molecular flexibility index (Phi) is 5.64. The average molecular weight is 259 g/mol. The number of benzene rings is 1. The highest BCUT2D eigenvalue weighted by atomic mass is 14.4. The highest BCUT2D eigenvalue weighted by Crippen LogP contribution is 2.49. The summed E-state index contributed by atoms with van der Waals surface area (Å²) in [6, 6.07) is 10.9. The van der Waals surface area contributed by atoms with Crippen LogP contribution in [0.3, 0.4) is 0 Å².